The topological polar surface area (TPSA) is 67.9 Å². The summed E-state index contributed by atoms with van der Waals surface area (Å²) < 4.78 is 11.9. The molecule has 2 amide bonds. The highest BCUT2D eigenvalue weighted by molar-refractivity contribution is 5.98. The van der Waals surface area contributed by atoms with Crippen molar-refractivity contribution >= 4 is 17.5 Å². The zero-order valence-corrected chi connectivity index (χ0v) is 17.9. The quantitative estimate of drug-likeness (QED) is 0.755. The minimum absolute atomic E-state index is 0.0343. The molecule has 0 radical (unpaired) electrons. The third-order valence-electron chi connectivity index (χ3n) is 6.03. The van der Waals surface area contributed by atoms with E-state index in [0.29, 0.717) is 17.4 Å². The maximum atomic E-state index is 13.0. The summed E-state index contributed by atoms with van der Waals surface area (Å²) in [4.78, 5) is 27.4. The van der Waals surface area contributed by atoms with Gasteiger partial charge in [0.2, 0.25) is 0 Å². The van der Waals surface area contributed by atoms with Crippen molar-refractivity contribution in [3.63, 3.8) is 0 Å². The van der Waals surface area contributed by atoms with Crippen molar-refractivity contribution in [2.45, 2.75) is 77.5 Å². The molecule has 1 aliphatic carbocycles. The van der Waals surface area contributed by atoms with E-state index in [1.165, 1.54) is 6.42 Å². The molecule has 2 aliphatic rings. The Morgan fingerprint density at radius 3 is 2.72 bits per heavy atom. The predicted octanol–water partition coefficient (Wildman–Crippen LogP) is 3.68. The highest BCUT2D eigenvalue weighted by Gasteiger charge is 2.34. The van der Waals surface area contributed by atoms with Crippen molar-refractivity contribution in [2.75, 3.05) is 18.1 Å². The first-order valence-corrected chi connectivity index (χ1v) is 11.0. The standard InChI is InChI=1S/C23H34N2O4/c1-4-17(5-2)24-23(27)21-14-25(19-11-6-7-12-20(19)29-21)22(26)15-28-18-10-8-9-16(3)13-18/h6-7,11-12,16-18,21H,4-5,8-10,13-15H2,1-3H3,(H,24,27). The summed E-state index contributed by atoms with van der Waals surface area (Å²) in [5.41, 5.74) is 0.699. The summed E-state index contributed by atoms with van der Waals surface area (Å²) in [5.74, 6) is 0.904. The summed E-state index contributed by atoms with van der Waals surface area (Å²) in [7, 11) is 0. The Kier molecular flexibility index (Phi) is 7.53. The molecule has 3 rings (SSSR count). The van der Waals surface area contributed by atoms with E-state index in [2.05, 4.69) is 12.2 Å². The van der Waals surface area contributed by atoms with E-state index in [9.17, 15) is 9.59 Å². The molecule has 3 unspecified atom stereocenters. The van der Waals surface area contributed by atoms with Gasteiger partial charge >= 0.3 is 0 Å². The monoisotopic (exact) mass is 402 g/mol. The molecule has 0 spiro atoms. The Hall–Kier alpha value is -2.08. The van der Waals surface area contributed by atoms with E-state index < -0.39 is 6.10 Å². The number of benzene rings is 1. The maximum absolute atomic E-state index is 13.0. The summed E-state index contributed by atoms with van der Waals surface area (Å²) in [5, 5.41) is 3.03. The molecular formula is C23H34N2O4. The van der Waals surface area contributed by atoms with Gasteiger partial charge in [-0.3, -0.25) is 9.59 Å². The number of nitrogens with zero attached hydrogens (tertiary/aromatic N) is 1. The van der Waals surface area contributed by atoms with Gasteiger partial charge in [-0.25, -0.2) is 0 Å². The number of fused-ring (bicyclic) bond motifs is 1. The SMILES string of the molecule is CCC(CC)NC(=O)C1CN(C(=O)COC2CCCC(C)C2)c2ccccc2O1. The van der Waals surface area contributed by atoms with Gasteiger partial charge in [0.25, 0.3) is 11.8 Å². The Bertz CT molecular complexity index is 704. The van der Waals surface area contributed by atoms with Crippen molar-refractivity contribution in [2.24, 2.45) is 5.92 Å². The van der Waals surface area contributed by atoms with Gasteiger partial charge in [0.05, 0.1) is 18.3 Å². The van der Waals surface area contributed by atoms with Gasteiger partial charge in [-0.1, -0.05) is 45.7 Å². The van der Waals surface area contributed by atoms with E-state index in [-0.39, 0.29) is 37.1 Å². The summed E-state index contributed by atoms with van der Waals surface area (Å²) in [6.45, 7) is 6.56. The van der Waals surface area contributed by atoms with Crippen LogP contribution >= 0.6 is 0 Å². The number of amides is 2. The Morgan fingerprint density at radius 1 is 1.24 bits per heavy atom. The van der Waals surface area contributed by atoms with Gasteiger partial charge in [0.1, 0.15) is 12.4 Å². The maximum Gasteiger partial charge on any atom is 0.263 e. The number of rotatable bonds is 7. The fourth-order valence-electron chi connectivity index (χ4n) is 4.19. The predicted molar refractivity (Wildman–Crippen MR) is 113 cm³/mol. The molecule has 160 valence electrons. The molecule has 1 aromatic rings. The average Bonchev–Trinajstić information content (AvgIpc) is 2.74. The molecule has 0 saturated heterocycles. The molecule has 1 aromatic carbocycles. The largest absolute Gasteiger partial charge is 0.477 e. The van der Waals surface area contributed by atoms with Gasteiger partial charge in [0, 0.05) is 6.04 Å². The lowest BCUT2D eigenvalue weighted by atomic mass is 9.89. The van der Waals surface area contributed by atoms with E-state index in [1.807, 2.05) is 32.0 Å². The molecule has 1 saturated carbocycles. The van der Waals surface area contributed by atoms with Crippen LogP contribution in [-0.4, -0.2) is 43.2 Å². The minimum Gasteiger partial charge on any atom is -0.477 e. The highest BCUT2D eigenvalue weighted by atomic mass is 16.5. The summed E-state index contributed by atoms with van der Waals surface area (Å²) in [6.07, 6.45) is 5.56. The molecule has 1 aliphatic heterocycles. The zero-order chi connectivity index (χ0) is 20.8. The first-order chi connectivity index (χ1) is 14.0. The van der Waals surface area contributed by atoms with Crippen LogP contribution in [0.2, 0.25) is 0 Å². The minimum atomic E-state index is -0.718. The number of para-hydroxylation sites is 2. The summed E-state index contributed by atoms with van der Waals surface area (Å²) in [6, 6.07) is 7.49. The van der Waals surface area contributed by atoms with Gasteiger partial charge in [-0.05, 0) is 43.7 Å². The molecule has 6 nitrogen and oxygen atoms in total. The average molecular weight is 403 g/mol. The molecule has 1 N–H and O–H groups in total. The Labute approximate surface area is 173 Å². The normalized spacial score (nSPS) is 24.0. The highest BCUT2D eigenvalue weighted by Crippen LogP contribution is 2.33. The number of carbonyl (C=O) groups is 2. The molecule has 1 fully saturated rings. The Morgan fingerprint density at radius 2 is 2.00 bits per heavy atom. The van der Waals surface area contributed by atoms with Crippen LogP contribution in [0.1, 0.15) is 59.3 Å². The molecule has 29 heavy (non-hydrogen) atoms. The van der Waals surface area contributed by atoms with Gasteiger partial charge in [-0.15, -0.1) is 0 Å². The van der Waals surface area contributed by atoms with E-state index in [4.69, 9.17) is 9.47 Å². The lowest BCUT2D eigenvalue weighted by Gasteiger charge is -2.35. The van der Waals surface area contributed by atoms with E-state index >= 15 is 0 Å². The second-order valence-electron chi connectivity index (χ2n) is 8.31. The second kappa shape index (κ2) is 10.1. The lowest BCUT2D eigenvalue weighted by molar-refractivity contribution is -0.130. The van der Waals surface area contributed by atoms with Crippen molar-refractivity contribution in [1.29, 1.82) is 0 Å². The molecule has 1 heterocycles. The number of anilines is 1. The summed E-state index contributed by atoms with van der Waals surface area (Å²) >= 11 is 0. The van der Waals surface area contributed by atoms with Crippen LogP contribution in [0.4, 0.5) is 5.69 Å². The molecular weight excluding hydrogens is 368 g/mol. The molecule has 6 heteroatoms. The van der Waals surface area contributed by atoms with Crippen LogP contribution in [0.5, 0.6) is 5.75 Å². The Balaban J connectivity index is 1.67. The van der Waals surface area contributed by atoms with Gasteiger partial charge in [-0.2, -0.15) is 0 Å². The smallest absolute Gasteiger partial charge is 0.263 e. The van der Waals surface area contributed by atoms with Crippen LogP contribution in [0.3, 0.4) is 0 Å². The second-order valence-corrected chi connectivity index (χ2v) is 8.31. The van der Waals surface area contributed by atoms with Crippen molar-refractivity contribution in [3.8, 4) is 5.75 Å². The number of ether oxygens (including phenoxy) is 2. The first-order valence-electron chi connectivity index (χ1n) is 11.0. The molecule has 3 atom stereocenters. The van der Waals surface area contributed by atoms with Crippen LogP contribution in [-0.2, 0) is 14.3 Å². The van der Waals surface area contributed by atoms with Gasteiger partial charge in [0.15, 0.2) is 6.10 Å². The lowest BCUT2D eigenvalue weighted by Crippen LogP contribution is -2.53. The fraction of sp³-hybridized carbons (Fsp3) is 0.652. The van der Waals surface area contributed by atoms with Crippen LogP contribution in [0.15, 0.2) is 24.3 Å². The van der Waals surface area contributed by atoms with Crippen molar-refractivity contribution in [3.05, 3.63) is 24.3 Å². The molecule has 0 aromatic heterocycles. The third kappa shape index (κ3) is 5.50. The number of hydrogen-bond donors (Lipinski definition) is 1. The van der Waals surface area contributed by atoms with E-state index in [0.717, 1.165) is 32.1 Å². The van der Waals surface area contributed by atoms with Crippen molar-refractivity contribution in [1.82, 2.24) is 5.32 Å². The number of hydrogen-bond acceptors (Lipinski definition) is 4. The van der Waals surface area contributed by atoms with Gasteiger partial charge < -0.3 is 19.7 Å². The van der Waals surface area contributed by atoms with Crippen LogP contribution in [0.25, 0.3) is 0 Å². The molecule has 0 bridgehead atoms. The number of nitrogens with one attached hydrogen (secondary N) is 1. The van der Waals surface area contributed by atoms with Crippen LogP contribution in [0, 0.1) is 5.92 Å². The fourth-order valence-corrected chi connectivity index (χ4v) is 4.19. The zero-order valence-electron chi connectivity index (χ0n) is 17.9. The number of carbonyl (C=O) groups excluding carboxylic acids is 2. The third-order valence-corrected chi connectivity index (χ3v) is 6.03. The van der Waals surface area contributed by atoms with E-state index in [1.54, 1.807) is 11.0 Å². The first kappa shape index (κ1) is 21.6. The van der Waals surface area contributed by atoms with Crippen molar-refractivity contribution < 1.29 is 19.1 Å². The van der Waals surface area contributed by atoms with Crippen LogP contribution < -0.4 is 15.0 Å².